The number of hydrogen-bond donors (Lipinski definition) is 2. The van der Waals surface area contributed by atoms with Gasteiger partial charge in [0.05, 0.1) is 5.92 Å². The van der Waals surface area contributed by atoms with E-state index in [1.807, 2.05) is 19.1 Å². The van der Waals surface area contributed by atoms with Gasteiger partial charge in [-0.15, -0.1) is 23.7 Å². The minimum Gasteiger partial charge on any atom is -0.459 e. The Hall–Kier alpha value is -1.90. The highest BCUT2D eigenvalue weighted by molar-refractivity contribution is 7.13. The maximum Gasteiger partial charge on any atom is 0.273 e. The number of likely N-dealkylation sites (tertiary alicyclic amines) is 1. The first-order chi connectivity index (χ1) is 12.1. The Morgan fingerprint density at radius 3 is 2.96 bits per heavy atom. The molecule has 1 aliphatic heterocycles. The fourth-order valence-corrected chi connectivity index (χ4v) is 3.67. The predicted octanol–water partition coefficient (Wildman–Crippen LogP) is 2.06. The van der Waals surface area contributed by atoms with Crippen LogP contribution in [0.3, 0.4) is 0 Å². The van der Waals surface area contributed by atoms with Crippen molar-refractivity contribution in [3.63, 3.8) is 0 Å². The highest BCUT2D eigenvalue weighted by atomic mass is 35.5. The summed E-state index contributed by atoms with van der Waals surface area (Å²) in [5, 5.41) is 5.23. The van der Waals surface area contributed by atoms with E-state index < -0.39 is 0 Å². The molecule has 0 bridgehead atoms. The zero-order chi connectivity index (χ0) is 17.8. The van der Waals surface area contributed by atoms with Crippen LogP contribution < -0.4 is 11.1 Å². The molecule has 0 aliphatic carbocycles. The molecule has 0 saturated carbocycles. The van der Waals surface area contributed by atoms with E-state index in [4.69, 9.17) is 10.2 Å². The van der Waals surface area contributed by atoms with Crippen LogP contribution in [-0.4, -0.2) is 47.9 Å². The smallest absolute Gasteiger partial charge is 0.273 e. The summed E-state index contributed by atoms with van der Waals surface area (Å²) >= 11 is 1.38. The third kappa shape index (κ3) is 4.63. The number of aromatic nitrogens is 1. The van der Waals surface area contributed by atoms with Gasteiger partial charge in [-0.05, 0) is 31.9 Å². The Bertz CT molecular complexity index is 761. The highest BCUT2D eigenvalue weighted by Crippen LogP contribution is 2.27. The standard InChI is InChI=1S/C17H22N4O3S.ClH/c1-11-4-5-14(24-11)16-20-13(10-25-16)17(23)21-8-2-3-12(9-21)15(22)19-7-6-18;/h4-5,10,12H,2-3,6-9,18H2,1H3,(H,19,22);1H. The van der Waals surface area contributed by atoms with Gasteiger partial charge in [-0.1, -0.05) is 0 Å². The molecule has 3 N–H and O–H groups in total. The molecule has 3 heterocycles. The van der Waals surface area contributed by atoms with Crippen molar-refractivity contribution in [2.24, 2.45) is 11.7 Å². The number of piperidine rings is 1. The molecule has 2 aromatic heterocycles. The maximum absolute atomic E-state index is 12.7. The van der Waals surface area contributed by atoms with E-state index in [0.29, 0.717) is 42.6 Å². The molecule has 1 unspecified atom stereocenters. The quantitative estimate of drug-likeness (QED) is 0.802. The lowest BCUT2D eigenvalue weighted by Gasteiger charge is -2.31. The molecule has 1 saturated heterocycles. The molecule has 1 atom stereocenters. The summed E-state index contributed by atoms with van der Waals surface area (Å²) in [5.41, 5.74) is 5.82. The molecule has 1 aliphatic rings. The van der Waals surface area contributed by atoms with Crippen LogP contribution >= 0.6 is 23.7 Å². The summed E-state index contributed by atoms with van der Waals surface area (Å²) in [6, 6.07) is 3.72. The Morgan fingerprint density at radius 2 is 2.27 bits per heavy atom. The molecule has 142 valence electrons. The summed E-state index contributed by atoms with van der Waals surface area (Å²) in [7, 11) is 0. The Kier molecular flexibility index (Phi) is 7.19. The van der Waals surface area contributed by atoms with Crippen LogP contribution in [0.2, 0.25) is 0 Å². The second kappa shape index (κ2) is 9.16. The SMILES string of the molecule is Cc1ccc(-c2nc(C(=O)N3CCCC(C(=O)NCCN)C3)cs2)o1.Cl. The number of furan rings is 1. The summed E-state index contributed by atoms with van der Waals surface area (Å²) < 4.78 is 5.55. The van der Waals surface area contributed by atoms with Crippen LogP contribution in [0.4, 0.5) is 0 Å². The second-order valence-electron chi connectivity index (χ2n) is 6.12. The first-order valence-electron chi connectivity index (χ1n) is 8.38. The largest absolute Gasteiger partial charge is 0.459 e. The van der Waals surface area contributed by atoms with E-state index in [9.17, 15) is 9.59 Å². The van der Waals surface area contributed by atoms with Crippen LogP contribution in [0.15, 0.2) is 21.9 Å². The molecular weight excluding hydrogens is 376 g/mol. The number of amides is 2. The number of carbonyl (C=O) groups excluding carboxylic acids is 2. The van der Waals surface area contributed by atoms with Gasteiger partial charge in [0.2, 0.25) is 5.91 Å². The second-order valence-corrected chi connectivity index (χ2v) is 6.98. The number of hydrogen-bond acceptors (Lipinski definition) is 6. The van der Waals surface area contributed by atoms with Crippen LogP contribution in [0, 0.1) is 12.8 Å². The number of thiazole rings is 1. The number of rotatable bonds is 5. The van der Waals surface area contributed by atoms with Crippen molar-refractivity contribution in [1.29, 1.82) is 0 Å². The van der Waals surface area contributed by atoms with Crippen molar-refractivity contribution < 1.29 is 14.0 Å². The third-order valence-corrected chi connectivity index (χ3v) is 5.05. The van der Waals surface area contributed by atoms with Crippen molar-refractivity contribution in [2.75, 3.05) is 26.2 Å². The van der Waals surface area contributed by atoms with Gasteiger partial charge in [0.25, 0.3) is 5.91 Å². The monoisotopic (exact) mass is 398 g/mol. The first-order valence-corrected chi connectivity index (χ1v) is 9.26. The minimum absolute atomic E-state index is 0. The van der Waals surface area contributed by atoms with Crippen LogP contribution in [0.1, 0.15) is 29.1 Å². The molecule has 0 spiro atoms. The van der Waals surface area contributed by atoms with Crippen molar-refractivity contribution in [3.05, 3.63) is 29.0 Å². The van der Waals surface area contributed by atoms with Gasteiger partial charge in [0.15, 0.2) is 10.8 Å². The van der Waals surface area contributed by atoms with Crippen LogP contribution in [-0.2, 0) is 4.79 Å². The van der Waals surface area contributed by atoms with Crippen LogP contribution in [0.25, 0.3) is 10.8 Å². The van der Waals surface area contributed by atoms with E-state index in [0.717, 1.165) is 18.6 Å². The maximum atomic E-state index is 12.7. The Balaban J connectivity index is 0.00000243. The van der Waals surface area contributed by atoms with Gasteiger partial charge in [0, 0.05) is 31.6 Å². The molecular formula is C17H23ClN4O3S. The third-order valence-electron chi connectivity index (χ3n) is 4.20. The molecule has 3 rings (SSSR count). The number of aryl methyl sites for hydroxylation is 1. The highest BCUT2D eigenvalue weighted by Gasteiger charge is 2.29. The van der Waals surface area contributed by atoms with Gasteiger partial charge in [-0.2, -0.15) is 0 Å². The van der Waals surface area contributed by atoms with Crippen molar-refractivity contribution in [1.82, 2.24) is 15.2 Å². The zero-order valence-corrected chi connectivity index (χ0v) is 16.2. The summed E-state index contributed by atoms with van der Waals surface area (Å²) in [4.78, 5) is 31.0. The van der Waals surface area contributed by atoms with Gasteiger partial charge >= 0.3 is 0 Å². The number of halogens is 1. The number of nitrogens with one attached hydrogen (secondary N) is 1. The number of carbonyl (C=O) groups is 2. The average molecular weight is 399 g/mol. The zero-order valence-electron chi connectivity index (χ0n) is 14.6. The molecule has 2 amide bonds. The number of nitrogens with zero attached hydrogens (tertiary/aromatic N) is 2. The topological polar surface area (TPSA) is 101 Å². The van der Waals surface area contributed by atoms with E-state index in [1.165, 1.54) is 11.3 Å². The summed E-state index contributed by atoms with van der Waals surface area (Å²) in [6.07, 6.45) is 1.59. The first kappa shape index (κ1) is 20.4. The molecule has 0 radical (unpaired) electrons. The van der Waals surface area contributed by atoms with Gasteiger partial charge in [-0.25, -0.2) is 4.98 Å². The van der Waals surface area contributed by atoms with E-state index in [1.54, 1.807) is 10.3 Å². The Morgan fingerprint density at radius 1 is 1.46 bits per heavy atom. The number of nitrogens with two attached hydrogens (primary N) is 1. The molecule has 2 aromatic rings. The fraction of sp³-hybridized carbons (Fsp3) is 0.471. The molecule has 26 heavy (non-hydrogen) atoms. The van der Waals surface area contributed by atoms with Gasteiger partial charge in [-0.3, -0.25) is 9.59 Å². The van der Waals surface area contributed by atoms with E-state index >= 15 is 0 Å². The Labute approximate surface area is 162 Å². The summed E-state index contributed by atoms with van der Waals surface area (Å²) in [6.45, 7) is 3.80. The van der Waals surface area contributed by atoms with Crippen molar-refractivity contribution in [2.45, 2.75) is 19.8 Å². The lowest BCUT2D eigenvalue weighted by Crippen LogP contribution is -2.46. The van der Waals surface area contributed by atoms with E-state index in [2.05, 4.69) is 10.3 Å². The molecule has 9 heteroatoms. The lowest BCUT2D eigenvalue weighted by molar-refractivity contribution is -0.126. The van der Waals surface area contributed by atoms with Crippen molar-refractivity contribution in [3.8, 4) is 10.8 Å². The van der Waals surface area contributed by atoms with Crippen LogP contribution in [0.5, 0.6) is 0 Å². The van der Waals surface area contributed by atoms with Crippen molar-refractivity contribution >= 4 is 35.6 Å². The molecule has 7 nitrogen and oxygen atoms in total. The van der Waals surface area contributed by atoms with Gasteiger partial charge < -0.3 is 20.4 Å². The fourth-order valence-electron chi connectivity index (χ4n) is 2.91. The van der Waals surface area contributed by atoms with E-state index in [-0.39, 0.29) is 30.1 Å². The predicted molar refractivity (Wildman–Crippen MR) is 102 cm³/mol. The normalized spacial score (nSPS) is 16.8. The van der Waals surface area contributed by atoms with Gasteiger partial charge in [0.1, 0.15) is 11.5 Å². The average Bonchev–Trinajstić information content (AvgIpc) is 3.28. The molecule has 1 fully saturated rings. The summed E-state index contributed by atoms with van der Waals surface area (Å²) in [5.74, 6) is 1.12. The molecule has 0 aromatic carbocycles. The lowest BCUT2D eigenvalue weighted by atomic mass is 9.97. The minimum atomic E-state index is -0.185.